The summed E-state index contributed by atoms with van der Waals surface area (Å²) in [6.07, 6.45) is 0. The predicted molar refractivity (Wildman–Crippen MR) is 112 cm³/mol. The molecule has 1 N–H and O–H groups in total. The molecule has 0 saturated carbocycles. The van der Waals surface area contributed by atoms with Gasteiger partial charge in [-0.15, -0.1) is 0 Å². The number of nitrogens with zero attached hydrogens (tertiary/aromatic N) is 1. The molecule has 142 valence electrons. The van der Waals surface area contributed by atoms with Crippen molar-refractivity contribution in [2.75, 3.05) is 16.8 Å². The molecule has 3 aromatic rings. The Balaban J connectivity index is 1.55. The number of benzene rings is 3. The Morgan fingerprint density at radius 2 is 1.71 bits per heavy atom. The Morgan fingerprint density at radius 3 is 2.50 bits per heavy atom. The number of carbonyl (C=O) groups is 1. The van der Waals surface area contributed by atoms with Gasteiger partial charge in [0.25, 0.3) is 5.91 Å². The summed E-state index contributed by atoms with van der Waals surface area (Å²) in [5, 5.41) is 3.45. The van der Waals surface area contributed by atoms with E-state index in [2.05, 4.69) is 54.7 Å². The smallest absolute Gasteiger partial charge is 0.253 e. The highest BCUT2D eigenvalue weighted by Crippen LogP contribution is 2.29. The number of anilines is 2. The molecule has 0 fully saturated rings. The van der Waals surface area contributed by atoms with Crippen LogP contribution in [-0.2, 0) is 29.2 Å². The van der Waals surface area contributed by atoms with Gasteiger partial charge in [-0.2, -0.15) is 0 Å². The van der Waals surface area contributed by atoms with Crippen LogP contribution in [0.15, 0.2) is 72.8 Å². The molecule has 0 aromatic heterocycles. The highest BCUT2D eigenvalue weighted by Gasteiger charge is 2.23. The molecule has 0 saturated heterocycles. The lowest BCUT2D eigenvalue weighted by Gasteiger charge is -2.23. The van der Waals surface area contributed by atoms with Crippen LogP contribution in [0.2, 0.25) is 0 Å². The van der Waals surface area contributed by atoms with Gasteiger partial charge in [0.2, 0.25) is 0 Å². The van der Waals surface area contributed by atoms with E-state index >= 15 is 0 Å². The summed E-state index contributed by atoms with van der Waals surface area (Å²) in [7, 11) is 0. The van der Waals surface area contributed by atoms with Crippen LogP contribution in [0.25, 0.3) is 0 Å². The topological polar surface area (TPSA) is 41.6 Å². The van der Waals surface area contributed by atoms with Crippen molar-refractivity contribution in [1.29, 1.82) is 0 Å². The van der Waals surface area contributed by atoms with Crippen molar-refractivity contribution in [1.82, 2.24) is 0 Å². The summed E-state index contributed by atoms with van der Waals surface area (Å²) in [5.74, 6) is -0.00989. The number of fused-ring (bicyclic) bond motifs is 1. The minimum absolute atomic E-state index is 0.00989. The van der Waals surface area contributed by atoms with Crippen LogP contribution in [0.4, 0.5) is 11.4 Å². The van der Waals surface area contributed by atoms with Crippen LogP contribution in [0.1, 0.15) is 22.3 Å². The fourth-order valence-corrected chi connectivity index (χ4v) is 3.38. The molecule has 1 heterocycles. The Bertz CT molecular complexity index is 952. The second-order valence-electron chi connectivity index (χ2n) is 7.14. The van der Waals surface area contributed by atoms with Gasteiger partial charge in [0, 0.05) is 23.5 Å². The zero-order chi connectivity index (χ0) is 19.3. The number of amides is 1. The molecule has 4 rings (SSSR count). The molecule has 1 amide bonds. The zero-order valence-electron chi connectivity index (χ0n) is 16.0. The molecule has 1 aliphatic rings. The van der Waals surface area contributed by atoms with Gasteiger partial charge in [0.05, 0.1) is 13.2 Å². The van der Waals surface area contributed by atoms with E-state index in [-0.39, 0.29) is 12.5 Å². The van der Waals surface area contributed by atoms with E-state index in [4.69, 9.17) is 4.74 Å². The lowest BCUT2D eigenvalue weighted by atomic mass is 10.1. The Hall–Kier alpha value is -3.11. The third-order valence-corrected chi connectivity index (χ3v) is 4.96. The molecule has 0 unspecified atom stereocenters. The van der Waals surface area contributed by atoms with Gasteiger partial charge in [-0.1, -0.05) is 60.2 Å². The predicted octanol–water partition coefficient (Wildman–Crippen LogP) is 4.67. The van der Waals surface area contributed by atoms with E-state index in [0.29, 0.717) is 13.2 Å². The number of ether oxygens (including phenoxy) is 1. The third kappa shape index (κ3) is 4.24. The van der Waals surface area contributed by atoms with Gasteiger partial charge in [-0.25, -0.2) is 0 Å². The van der Waals surface area contributed by atoms with Gasteiger partial charge in [0.15, 0.2) is 0 Å². The van der Waals surface area contributed by atoms with Gasteiger partial charge < -0.3 is 15.0 Å². The molecule has 0 radical (unpaired) electrons. The molecule has 0 spiro atoms. The van der Waals surface area contributed by atoms with Crippen LogP contribution in [-0.4, -0.2) is 12.5 Å². The largest absolute Gasteiger partial charge is 0.381 e. The lowest BCUT2D eigenvalue weighted by Crippen LogP contribution is -2.32. The molecular formula is C24H24N2O2. The van der Waals surface area contributed by atoms with Crippen molar-refractivity contribution >= 4 is 17.3 Å². The van der Waals surface area contributed by atoms with Crippen molar-refractivity contribution in [3.8, 4) is 0 Å². The van der Waals surface area contributed by atoms with Gasteiger partial charge in [0.1, 0.15) is 6.61 Å². The minimum Gasteiger partial charge on any atom is -0.381 e. The van der Waals surface area contributed by atoms with Crippen LogP contribution < -0.4 is 10.2 Å². The average molecular weight is 372 g/mol. The molecule has 0 atom stereocenters. The lowest BCUT2D eigenvalue weighted by molar-refractivity contribution is -0.123. The fraction of sp³-hybridized carbons (Fsp3) is 0.208. The first-order valence-corrected chi connectivity index (χ1v) is 9.53. The van der Waals surface area contributed by atoms with E-state index < -0.39 is 0 Å². The molecule has 4 heteroatoms. The number of hydrogen-bond donors (Lipinski definition) is 1. The van der Waals surface area contributed by atoms with Gasteiger partial charge in [-0.05, 0) is 36.2 Å². The van der Waals surface area contributed by atoms with Crippen molar-refractivity contribution < 1.29 is 9.53 Å². The summed E-state index contributed by atoms with van der Waals surface area (Å²) in [6.45, 7) is 3.91. The molecular weight excluding hydrogens is 348 g/mol. The second-order valence-corrected chi connectivity index (χ2v) is 7.14. The molecule has 0 aliphatic carbocycles. The number of rotatable bonds is 5. The van der Waals surface area contributed by atoms with Crippen LogP contribution in [0.5, 0.6) is 0 Å². The Labute approximate surface area is 165 Å². The molecule has 1 aliphatic heterocycles. The van der Waals surface area contributed by atoms with Crippen molar-refractivity contribution in [2.45, 2.75) is 26.6 Å². The van der Waals surface area contributed by atoms with E-state index in [9.17, 15) is 4.79 Å². The normalized spacial score (nSPS) is 13.8. The first-order valence-electron chi connectivity index (χ1n) is 9.53. The quantitative estimate of drug-likeness (QED) is 0.708. The van der Waals surface area contributed by atoms with E-state index in [1.54, 1.807) is 0 Å². The first-order chi connectivity index (χ1) is 13.7. The van der Waals surface area contributed by atoms with Crippen LogP contribution in [0, 0.1) is 6.92 Å². The summed E-state index contributed by atoms with van der Waals surface area (Å²) in [4.78, 5) is 14.5. The number of nitrogens with one attached hydrogen (secondary N) is 1. The number of aryl methyl sites for hydroxylation is 1. The Kier molecular flexibility index (Phi) is 5.40. The maximum atomic E-state index is 12.6. The SMILES string of the molecule is Cc1ccc(CN2C(=O)COCc3cc(NCc4ccccc4)ccc32)cc1. The summed E-state index contributed by atoms with van der Waals surface area (Å²) in [6, 6.07) is 24.7. The highest BCUT2D eigenvalue weighted by atomic mass is 16.5. The van der Waals surface area contributed by atoms with Crippen molar-refractivity contribution in [2.24, 2.45) is 0 Å². The molecule has 28 heavy (non-hydrogen) atoms. The van der Waals surface area contributed by atoms with E-state index in [1.165, 1.54) is 11.1 Å². The second kappa shape index (κ2) is 8.28. The molecule has 0 bridgehead atoms. The molecule has 4 nitrogen and oxygen atoms in total. The Morgan fingerprint density at radius 1 is 0.929 bits per heavy atom. The monoisotopic (exact) mass is 372 g/mol. The van der Waals surface area contributed by atoms with Gasteiger partial charge in [-0.3, -0.25) is 4.79 Å². The molecule has 3 aromatic carbocycles. The van der Waals surface area contributed by atoms with Crippen molar-refractivity contribution in [3.63, 3.8) is 0 Å². The number of hydrogen-bond acceptors (Lipinski definition) is 3. The minimum atomic E-state index is -0.00989. The van der Waals surface area contributed by atoms with Crippen LogP contribution >= 0.6 is 0 Å². The zero-order valence-corrected chi connectivity index (χ0v) is 16.0. The highest BCUT2D eigenvalue weighted by molar-refractivity contribution is 5.95. The first kappa shape index (κ1) is 18.3. The fourth-order valence-electron chi connectivity index (χ4n) is 3.38. The summed E-state index contributed by atoms with van der Waals surface area (Å²) in [5.41, 5.74) is 6.52. The third-order valence-electron chi connectivity index (χ3n) is 4.96. The maximum absolute atomic E-state index is 12.6. The van der Waals surface area contributed by atoms with Gasteiger partial charge >= 0.3 is 0 Å². The standard InChI is InChI=1S/C24H24N2O2/c1-18-7-9-20(10-8-18)15-26-23-12-11-22(13-21(23)16-28-17-24(26)27)25-14-19-5-3-2-4-6-19/h2-13,25H,14-17H2,1H3. The van der Waals surface area contributed by atoms with Crippen molar-refractivity contribution in [3.05, 3.63) is 95.1 Å². The average Bonchev–Trinajstić information content (AvgIpc) is 2.87. The number of carbonyl (C=O) groups excluding carboxylic acids is 1. The van der Waals surface area contributed by atoms with E-state index in [1.807, 2.05) is 35.2 Å². The summed E-state index contributed by atoms with van der Waals surface area (Å²) < 4.78 is 5.62. The summed E-state index contributed by atoms with van der Waals surface area (Å²) >= 11 is 0. The van der Waals surface area contributed by atoms with Crippen LogP contribution in [0.3, 0.4) is 0 Å². The maximum Gasteiger partial charge on any atom is 0.253 e. The van der Waals surface area contributed by atoms with E-state index in [0.717, 1.165) is 29.0 Å².